The summed E-state index contributed by atoms with van der Waals surface area (Å²) >= 11 is 0. The average Bonchev–Trinajstić information content (AvgIpc) is 2.79. The van der Waals surface area contributed by atoms with Crippen LogP contribution in [-0.2, 0) is 19.1 Å². The van der Waals surface area contributed by atoms with E-state index in [9.17, 15) is 14.4 Å². The third-order valence-corrected chi connectivity index (χ3v) is 5.92. The van der Waals surface area contributed by atoms with E-state index in [1.165, 1.54) is 0 Å². The second kappa shape index (κ2) is 8.76. The molecule has 5 rings (SSSR count). The zero-order valence-corrected chi connectivity index (χ0v) is 17.5. The van der Waals surface area contributed by atoms with Crippen LogP contribution in [0.3, 0.4) is 0 Å². The molecular weight excluding hydrogens is 394 g/mol. The highest BCUT2D eigenvalue weighted by Gasteiger charge is 2.52. The van der Waals surface area contributed by atoms with E-state index in [1.54, 1.807) is 38.1 Å². The van der Waals surface area contributed by atoms with Gasteiger partial charge in [-0.25, -0.2) is 0 Å². The molecule has 0 aliphatic heterocycles. The largest absolute Gasteiger partial charge is 0.466 e. The third-order valence-electron chi connectivity index (χ3n) is 5.92. The standard InChI is InChI=1S/C25H25NO5/c1-3-30-24(28)21-17-13-14-18(22(21)25(29)31-4-2)20-16(17)11-8-12-19(20)26-23(27)15-9-6-5-7-10-15/h5-14,17-18,21-22H,3-4H2,1-2H3,(H,26,27)/t17-,18-,21+,22-/m0/s1. The highest BCUT2D eigenvalue weighted by molar-refractivity contribution is 6.05. The topological polar surface area (TPSA) is 81.7 Å². The molecule has 0 unspecified atom stereocenters. The molecule has 1 N–H and O–H groups in total. The van der Waals surface area contributed by atoms with Crippen LogP contribution >= 0.6 is 0 Å². The van der Waals surface area contributed by atoms with Gasteiger partial charge in [0.25, 0.3) is 5.91 Å². The lowest BCUT2D eigenvalue weighted by atomic mass is 9.59. The Morgan fingerprint density at radius 1 is 0.806 bits per heavy atom. The van der Waals surface area contributed by atoms with Gasteiger partial charge in [0.05, 0.1) is 25.0 Å². The van der Waals surface area contributed by atoms with Gasteiger partial charge in [-0.3, -0.25) is 14.4 Å². The molecule has 3 aliphatic rings. The number of nitrogens with one attached hydrogen (secondary N) is 1. The van der Waals surface area contributed by atoms with E-state index in [2.05, 4.69) is 5.32 Å². The van der Waals surface area contributed by atoms with Gasteiger partial charge in [-0.2, -0.15) is 0 Å². The number of benzene rings is 2. The minimum Gasteiger partial charge on any atom is -0.466 e. The van der Waals surface area contributed by atoms with Crippen LogP contribution in [-0.4, -0.2) is 31.1 Å². The highest BCUT2D eigenvalue weighted by atomic mass is 16.5. The maximum atomic E-state index is 12.9. The summed E-state index contributed by atoms with van der Waals surface area (Å²) in [6, 6.07) is 14.6. The number of esters is 2. The van der Waals surface area contributed by atoms with Crippen molar-refractivity contribution in [1.29, 1.82) is 0 Å². The van der Waals surface area contributed by atoms with Crippen molar-refractivity contribution in [3.63, 3.8) is 0 Å². The molecule has 1 amide bonds. The van der Waals surface area contributed by atoms with Crippen LogP contribution in [0.1, 0.15) is 47.2 Å². The first-order valence-corrected chi connectivity index (χ1v) is 10.6. The molecular formula is C25H25NO5. The summed E-state index contributed by atoms with van der Waals surface area (Å²) in [6.45, 7) is 3.96. The molecule has 31 heavy (non-hydrogen) atoms. The Hall–Kier alpha value is -3.41. The van der Waals surface area contributed by atoms with E-state index in [4.69, 9.17) is 9.47 Å². The lowest BCUT2D eigenvalue weighted by Crippen LogP contribution is -2.45. The number of ether oxygens (including phenoxy) is 2. The average molecular weight is 419 g/mol. The van der Waals surface area contributed by atoms with Gasteiger partial charge in [0.2, 0.25) is 0 Å². The Morgan fingerprint density at radius 2 is 1.42 bits per heavy atom. The first kappa shape index (κ1) is 20.8. The Kier molecular flexibility index (Phi) is 5.89. The molecule has 0 spiro atoms. The van der Waals surface area contributed by atoms with Crippen LogP contribution in [0.4, 0.5) is 5.69 Å². The summed E-state index contributed by atoms with van der Waals surface area (Å²) < 4.78 is 10.6. The summed E-state index contributed by atoms with van der Waals surface area (Å²) in [6.07, 6.45) is 3.91. The number of amides is 1. The molecule has 4 atom stereocenters. The molecule has 2 bridgehead atoms. The van der Waals surface area contributed by atoms with Crippen molar-refractivity contribution < 1.29 is 23.9 Å². The quantitative estimate of drug-likeness (QED) is 0.564. The van der Waals surface area contributed by atoms with Crippen molar-refractivity contribution >= 4 is 23.5 Å². The lowest BCUT2D eigenvalue weighted by Gasteiger charge is -2.44. The molecule has 0 radical (unpaired) electrons. The maximum Gasteiger partial charge on any atom is 0.310 e. The number of carbonyl (C=O) groups is 3. The molecule has 0 aromatic heterocycles. The van der Waals surface area contributed by atoms with E-state index >= 15 is 0 Å². The van der Waals surface area contributed by atoms with Gasteiger partial charge in [0.15, 0.2) is 0 Å². The van der Waals surface area contributed by atoms with E-state index in [-0.39, 0.29) is 31.0 Å². The smallest absolute Gasteiger partial charge is 0.310 e. The Bertz CT molecular complexity index is 1030. The van der Waals surface area contributed by atoms with Crippen LogP contribution in [0.5, 0.6) is 0 Å². The summed E-state index contributed by atoms with van der Waals surface area (Å²) in [5.41, 5.74) is 2.97. The van der Waals surface area contributed by atoms with Crippen LogP contribution in [0.25, 0.3) is 0 Å². The molecule has 6 nitrogen and oxygen atoms in total. The number of hydrogen-bond donors (Lipinski definition) is 1. The highest BCUT2D eigenvalue weighted by Crippen LogP contribution is 2.54. The van der Waals surface area contributed by atoms with Crippen molar-refractivity contribution in [2.24, 2.45) is 11.8 Å². The Morgan fingerprint density at radius 3 is 2.06 bits per heavy atom. The minimum atomic E-state index is -0.698. The second-order valence-electron chi connectivity index (χ2n) is 7.62. The minimum absolute atomic E-state index is 0.227. The van der Waals surface area contributed by atoms with Gasteiger partial charge >= 0.3 is 11.9 Å². The van der Waals surface area contributed by atoms with Crippen molar-refractivity contribution in [3.8, 4) is 0 Å². The Labute approximate surface area is 181 Å². The number of hydrogen-bond acceptors (Lipinski definition) is 5. The predicted octanol–water partition coefficient (Wildman–Crippen LogP) is 4.05. The molecule has 3 aliphatic carbocycles. The molecule has 2 aromatic rings. The van der Waals surface area contributed by atoms with Gasteiger partial charge in [-0.15, -0.1) is 0 Å². The van der Waals surface area contributed by atoms with Gasteiger partial charge in [0, 0.05) is 23.1 Å². The molecule has 160 valence electrons. The van der Waals surface area contributed by atoms with Crippen LogP contribution in [0, 0.1) is 11.8 Å². The molecule has 0 saturated carbocycles. The van der Waals surface area contributed by atoms with Crippen molar-refractivity contribution in [1.82, 2.24) is 0 Å². The fourth-order valence-electron chi connectivity index (χ4n) is 4.70. The number of carbonyl (C=O) groups excluding carboxylic acids is 3. The van der Waals surface area contributed by atoms with Gasteiger partial charge in [0.1, 0.15) is 0 Å². The van der Waals surface area contributed by atoms with E-state index < -0.39 is 23.8 Å². The predicted molar refractivity (Wildman–Crippen MR) is 116 cm³/mol. The van der Waals surface area contributed by atoms with E-state index in [1.807, 2.05) is 36.4 Å². The summed E-state index contributed by atoms with van der Waals surface area (Å²) in [5.74, 6) is -3.10. The van der Waals surface area contributed by atoms with Gasteiger partial charge in [-0.1, -0.05) is 42.5 Å². The Balaban J connectivity index is 1.75. The first-order valence-electron chi connectivity index (χ1n) is 10.6. The zero-order chi connectivity index (χ0) is 22.0. The van der Waals surface area contributed by atoms with Crippen molar-refractivity contribution in [2.75, 3.05) is 18.5 Å². The monoisotopic (exact) mass is 419 g/mol. The zero-order valence-electron chi connectivity index (χ0n) is 17.5. The maximum absolute atomic E-state index is 12.9. The lowest BCUT2D eigenvalue weighted by molar-refractivity contribution is -0.162. The molecule has 0 saturated heterocycles. The fourth-order valence-corrected chi connectivity index (χ4v) is 4.70. The second-order valence-corrected chi connectivity index (χ2v) is 7.62. The van der Waals surface area contributed by atoms with E-state index in [0.717, 1.165) is 11.1 Å². The van der Waals surface area contributed by atoms with Gasteiger partial charge in [-0.05, 0) is 43.2 Å². The molecule has 2 aromatic carbocycles. The summed E-state index contributed by atoms with van der Waals surface area (Å²) in [4.78, 5) is 38.5. The summed E-state index contributed by atoms with van der Waals surface area (Å²) in [5, 5.41) is 2.99. The number of allylic oxidation sites excluding steroid dienone is 2. The normalized spacial score (nSPS) is 23.0. The molecule has 0 heterocycles. The number of fused-ring (bicyclic) bond motifs is 1. The van der Waals surface area contributed by atoms with E-state index in [0.29, 0.717) is 11.3 Å². The molecule has 6 heteroatoms. The van der Waals surface area contributed by atoms with Crippen LogP contribution in [0.15, 0.2) is 60.7 Å². The van der Waals surface area contributed by atoms with Gasteiger partial charge < -0.3 is 14.8 Å². The number of rotatable bonds is 6. The fraction of sp³-hybridized carbons (Fsp3) is 0.320. The molecule has 0 fully saturated rings. The number of anilines is 1. The summed E-state index contributed by atoms with van der Waals surface area (Å²) in [7, 11) is 0. The van der Waals surface area contributed by atoms with Crippen molar-refractivity contribution in [3.05, 3.63) is 77.4 Å². The first-order chi connectivity index (χ1) is 15.1. The van der Waals surface area contributed by atoms with Crippen LogP contribution in [0.2, 0.25) is 0 Å². The SMILES string of the molecule is CCOC(=O)[C@@H]1[C@H](C(=O)OCC)[C@H]2C=C[C@H]1c1c(NC(=O)c3ccccc3)cccc12. The third kappa shape index (κ3) is 3.74. The van der Waals surface area contributed by atoms with Crippen molar-refractivity contribution in [2.45, 2.75) is 25.7 Å². The van der Waals surface area contributed by atoms with Crippen LogP contribution < -0.4 is 5.32 Å².